The van der Waals surface area contributed by atoms with Gasteiger partial charge in [0.15, 0.2) is 0 Å². The standard InChI is InChI=1S/C27H34N2O7.H2S/c1-7-35-24(31)19-13-20-22(17(19)4)23(30)29(27(5,6)25(32)33)26(34)28(20)14-21(36-15-16(2)3)18-11-9-8-10-12-18;/h8-12,16,21H,7,13-15H2,1-6H3,(H,32,33);1H2/t21-;/m1./s1. The van der Waals surface area contributed by atoms with E-state index in [1.54, 1.807) is 13.8 Å². The third kappa shape index (κ3) is 5.91. The molecule has 0 saturated carbocycles. The second-order valence-corrected chi connectivity index (χ2v) is 9.85. The highest BCUT2D eigenvalue weighted by Gasteiger charge is 2.39. The number of fused-ring (bicyclic) bond motifs is 1. The Morgan fingerprint density at radius 3 is 2.30 bits per heavy atom. The van der Waals surface area contributed by atoms with E-state index >= 15 is 0 Å². The van der Waals surface area contributed by atoms with Gasteiger partial charge in [-0.15, -0.1) is 0 Å². The lowest BCUT2D eigenvalue weighted by atomic mass is 10.0. The van der Waals surface area contributed by atoms with Crippen molar-refractivity contribution in [3.63, 3.8) is 0 Å². The van der Waals surface area contributed by atoms with E-state index in [2.05, 4.69) is 0 Å². The number of carbonyl (C=O) groups is 2. The summed E-state index contributed by atoms with van der Waals surface area (Å²) in [5.41, 5.74) is -1.31. The maximum absolute atomic E-state index is 13.8. The van der Waals surface area contributed by atoms with Crippen LogP contribution in [0.4, 0.5) is 0 Å². The van der Waals surface area contributed by atoms with Crippen LogP contribution in [0.1, 0.15) is 64.5 Å². The fraction of sp³-hybridized carbons (Fsp3) is 0.481. The zero-order valence-electron chi connectivity index (χ0n) is 22.2. The number of nitrogens with zero attached hydrogens (tertiary/aromatic N) is 2. The number of benzene rings is 1. The molecule has 37 heavy (non-hydrogen) atoms. The second-order valence-electron chi connectivity index (χ2n) is 9.85. The van der Waals surface area contributed by atoms with Crippen molar-refractivity contribution in [2.45, 2.75) is 66.2 Å². The molecule has 1 aliphatic rings. The number of aromatic nitrogens is 2. The molecule has 3 rings (SSSR count). The zero-order valence-corrected chi connectivity index (χ0v) is 23.2. The molecule has 9 nitrogen and oxygen atoms in total. The van der Waals surface area contributed by atoms with Crippen LogP contribution >= 0.6 is 13.5 Å². The molecule has 0 fully saturated rings. The Morgan fingerprint density at radius 1 is 1.14 bits per heavy atom. The van der Waals surface area contributed by atoms with Crippen molar-refractivity contribution >= 4 is 31.0 Å². The molecule has 1 atom stereocenters. The average molecular weight is 533 g/mol. The molecule has 202 valence electrons. The summed E-state index contributed by atoms with van der Waals surface area (Å²) in [5, 5.41) is 9.85. The number of hydrogen-bond acceptors (Lipinski definition) is 6. The molecule has 10 heteroatoms. The third-order valence-corrected chi connectivity index (χ3v) is 6.38. The fourth-order valence-electron chi connectivity index (χ4n) is 4.32. The summed E-state index contributed by atoms with van der Waals surface area (Å²) < 4.78 is 13.5. The molecule has 0 radical (unpaired) electrons. The van der Waals surface area contributed by atoms with Crippen LogP contribution in [-0.2, 0) is 37.6 Å². The van der Waals surface area contributed by atoms with Gasteiger partial charge in [-0.3, -0.25) is 9.36 Å². The van der Waals surface area contributed by atoms with Crippen molar-refractivity contribution < 1.29 is 24.2 Å². The van der Waals surface area contributed by atoms with E-state index in [1.807, 2.05) is 44.2 Å². The largest absolute Gasteiger partial charge is 0.480 e. The highest BCUT2D eigenvalue weighted by atomic mass is 32.1. The summed E-state index contributed by atoms with van der Waals surface area (Å²) in [5.74, 6) is -1.66. The molecule has 0 unspecified atom stereocenters. The smallest absolute Gasteiger partial charge is 0.334 e. The maximum atomic E-state index is 13.8. The summed E-state index contributed by atoms with van der Waals surface area (Å²) in [6.07, 6.45) is -0.508. The lowest BCUT2D eigenvalue weighted by Crippen LogP contribution is -2.54. The van der Waals surface area contributed by atoms with Crippen LogP contribution < -0.4 is 11.2 Å². The molecule has 1 aliphatic carbocycles. The molecule has 1 N–H and O–H groups in total. The quantitative estimate of drug-likeness (QED) is 0.467. The minimum absolute atomic E-state index is 0. The summed E-state index contributed by atoms with van der Waals surface area (Å²) >= 11 is 0. The number of allylic oxidation sites excluding steroid dienone is 1. The molecule has 1 heterocycles. The van der Waals surface area contributed by atoms with Crippen molar-refractivity contribution in [3.8, 4) is 0 Å². The first kappa shape index (κ1) is 30.1. The minimum Gasteiger partial charge on any atom is -0.480 e. The molecule has 0 amide bonds. The number of carbonyl (C=O) groups excluding carboxylic acids is 1. The van der Waals surface area contributed by atoms with Gasteiger partial charge >= 0.3 is 17.6 Å². The molecule has 0 aliphatic heterocycles. The first-order valence-corrected chi connectivity index (χ1v) is 12.1. The van der Waals surface area contributed by atoms with Crippen molar-refractivity contribution in [1.29, 1.82) is 0 Å². The van der Waals surface area contributed by atoms with Gasteiger partial charge in [-0.05, 0) is 44.7 Å². The van der Waals surface area contributed by atoms with Crippen LogP contribution in [0.2, 0.25) is 0 Å². The van der Waals surface area contributed by atoms with Crippen molar-refractivity contribution in [2.24, 2.45) is 5.92 Å². The monoisotopic (exact) mass is 532 g/mol. The molecule has 0 saturated heterocycles. The van der Waals surface area contributed by atoms with E-state index in [-0.39, 0.29) is 50.1 Å². The Kier molecular flexibility index (Phi) is 9.73. The third-order valence-electron chi connectivity index (χ3n) is 6.38. The highest BCUT2D eigenvalue weighted by Crippen LogP contribution is 2.32. The predicted molar refractivity (Wildman–Crippen MR) is 145 cm³/mol. The van der Waals surface area contributed by atoms with Crippen LogP contribution in [0.5, 0.6) is 0 Å². The Bertz CT molecular complexity index is 1310. The van der Waals surface area contributed by atoms with E-state index in [9.17, 15) is 24.3 Å². The highest BCUT2D eigenvalue weighted by molar-refractivity contribution is 7.59. The van der Waals surface area contributed by atoms with E-state index in [1.165, 1.54) is 18.4 Å². The summed E-state index contributed by atoms with van der Waals surface area (Å²) in [7, 11) is 0. The fourth-order valence-corrected chi connectivity index (χ4v) is 4.32. The number of aliphatic carboxylic acids is 1. The van der Waals surface area contributed by atoms with Crippen molar-refractivity contribution in [2.75, 3.05) is 13.2 Å². The van der Waals surface area contributed by atoms with Gasteiger partial charge < -0.3 is 14.6 Å². The van der Waals surface area contributed by atoms with Gasteiger partial charge in [0.1, 0.15) is 11.6 Å². The topological polar surface area (TPSA) is 117 Å². The first-order chi connectivity index (χ1) is 16.9. The second kappa shape index (κ2) is 12.0. The zero-order chi connectivity index (χ0) is 26.8. The predicted octanol–water partition coefficient (Wildman–Crippen LogP) is 3.25. The van der Waals surface area contributed by atoms with Crippen molar-refractivity contribution in [3.05, 3.63) is 73.6 Å². The van der Waals surface area contributed by atoms with Crippen LogP contribution in [0, 0.1) is 5.92 Å². The SMILES string of the molecule is CCOC(=O)C1=C(C)c2c(n(C[C@@H](OCC(C)C)c3ccccc3)c(=O)n(C(C)(C)C(=O)O)c2=O)C1.S. The van der Waals surface area contributed by atoms with E-state index in [0.717, 1.165) is 10.1 Å². The van der Waals surface area contributed by atoms with Gasteiger partial charge in [0, 0.05) is 24.3 Å². The van der Waals surface area contributed by atoms with Crippen LogP contribution in [0.25, 0.3) is 5.57 Å². The van der Waals surface area contributed by atoms with E-state index in [4.69, 9.17) is 9.47 Å². The van der Waals surface area contributed by atoms with Gasteiger partial charge in [-0.1, -0.05) is 44.2 Å². The molecular weight excluding hydrogens is 496 g/mol. The molecule has 1 aromatic carbocycles. The maximum Gasteiger partial charge on any atom is 0.334 e. The molecule has 2 aromatic rings. The first-order valence-electron chi connectivity index (χ1n) is 12.1. The molecule has 1 aromatic heterocycles. The number of ether oxygens (including phenoxy) is 2. The number of esters is 1. The van der Waals surface area contributed by atoms with E-state index in [0.29, 0.717) is 17.9 Å². The normalized spacial score (nSPS) is 13.8. The Hall–Kier alpha value is -3.11. The number of carboxylic acids is 1. The van der Waals surface area contributed by atoms with Crippen molar-refractivity contribution in [1.82, 2.24) is 9.13 Å². The molecule has 0 spiro atoms. The number of hydrogen-bond donors (Lipinski definition) is 1. The van der Waals surface area contributed by atoms with Crippen LogP contribution in [-0.4, -0.2) is 39.4 Å². The van der Waals surface area contributed by atoms with Crippen LogP contribution in [0.3, 0.4) is 0 Å². The van der Waals surface area contributed by atoms with Gasteiger partial charge in [-0.2, -0.15) is 13.5 Å². The van der Waals surface area contributed by atoms with Gasteiger partial charge in [0.05, 0.1) is 18.7 Å². The summed E-state index contributed by atoms with van der Waals surface area (Å²) in [6, 6.07) is 9.39. The Morgan fingerprint density at radius 2 is 1.76 bits per heavy atom. The lowest BCUT2D eigenvalue weighted by Gasteiger charge is -2.27. The molecule has 0 bridgehead atoms. The lowest BCUT2D eigenvalue weighted by molar-refractivity contribution is -0.146. The van der Waals surface area contributed by atoms with Gasteiger partial charge in [0.2, 0.25) is 0 Å². The minimum atomic E-state index is -1.82. The average Bonchev–Trinajstić information content (AvgIpc) is 3.16. The Balaban J connectivity index is 0.00000481. The summed E-state index contributed by atoms with van der Waals surface area (Å²) in [6.45, 7) is 10.6. The summed E-state index contributed by atoms with van der Waals surface area (Å²) in [4.78, 5) is 52.1. The number of carboxylic acid groups (broad SMARTS) is 1. The van der Waals surface area contributed by atoms with E-state index < -0.39 is 34.8 Å². The van der Waals surface area contributed by atoms with Gasteiger partial charge in [0.25, 0.3) is 5.56 Å². The molecular formula is C27H36N2O7S. The van der Waals surface area contributed by atoms with Crippen LogP contribution in [0.15, 0.2) is 45.5 Å². The number of rotatable bonds is 10. The Labute approximate surface area is 223 Å². The van der Waals surface area contributed by atoms with Gasteiger partial charge in [-0.25, -0.2) is 19.0 Å².